The standard InChI is InChI=1S/C32H24/c1-23-21-28(24-13-5-2-6-14-24)31-27-19-11-12-20-29(27)32(30(31)22-23,25-15-7-3-8-16-25)26-17-9-4-10-18-26/h2-22H,1H3. The summed E-state index contributed by atoms with van der Waals surface area (Å²) in [6.07, 6.45) is 0. The quantitative estimate of drug-likeness (QED) is 0.278. The molecule has 0 heteroatoms. The molecule has 0 unspecified atom stereocenters. The molecule has 0 heterocycles. The summed E-state index contributed by atoms with van der Waals surface area (Å²) in [4.78, 5) is 0. The van der Waals surface area contributed by atoms with Crippen molar-refractivity contribution in [1.82, 2.24) is 0 Å². The van der Waals surface area contributed by atoms with Crippen LogP contribution in [0, 0.1) is 6.92 Å². The molecule has 0 aliphatic heterocycles. The van der Waals surface area contributed by atoms with Crippen LogP contribution in [0.2, 0.25) is 0 Å². The van der Waals surface area contributed by atoms with Crippen LogP contribution in [-0.2, 0) is 5.41 Å². The van der Waals surface area contributed by atoms with Crippen LogP contribution in [0.4, 0.5) is 0 Å². The Labute approximate surface area is 189 Å². The summed E-state index contributed by atoms with van der Waals surface area (Å²) in [5.74, 6) is 0. The zero-order chi connectivity index (χ0) is 21.5. The molecule has 0 N–H and O–H groups in total. The molecule has 0 aromatic heterocycles. The first kappa shape index (κ1) is 18.8. The average Bonchev–Trinajstić information content (AvgIpc) is 3.16. The summed E-state index contributed by atoms with van der Waals surface area (Å²) < 4.78 is 0. The molecular weight excluding hydrogens is 384 g/mol. The second-order valence-electron chi connectivity index (χ2n) is 8.63. The van der Waals surface area contributed by atoms with Crippen molar-refractivity contribution in [2.24, 2.45) is 0 Å². The Morgan fingerprint density at radius 2 is 1.00 bits per heavy atom. The normalized spacial score (nSPS) is 13.4. The van der Waals surface area contributed by atoms with Gasteiger partial charge in [-0.1, -0.05) is 133 Å². The largest absolute Gasteiger partial charge is 0.0713 e. The van der Waals surface area contributed by atoms with E-state index in [9.17, 15) is 0 Å². The Morgan fingerprint density at radius 1 is 0.469 bits per heavy atom. The topological polar surface area (TPSA) is 0 Å². The summed E-state index contributed by atoms with van der Waals surface area (Å²) in [5.41, 5.74) is 11.5. The van der Waals surface area contributed by atoms with Gasteiger partial charge in [0.2, 0.25) is 0 Å². The third kappa shape index (κ3) is 2.63. The molecule has 152 valence electrons. The predicted octanol–water partition coefficient (Wildman–Crippen LogP) is 8.03. The molecule has 0 saturated carbocycles. The molecule has 0 spiro atoms. The smallest absolute Gasteiger partial charge is 0.0622 e. The number of benzene rings is 5. The molecule has 1 aliphatic rings. The van der Waals surface area contributed by atoms with Gasteiger partial charge >= 0.3 is 0 Å². The van der Waals surface area contributed by atoms with Crippen molar-refractivity contribution >= 4 is 0 Å². The van der Waals surface area contributed by atoms with E-state index in [1.807, 2.05) is 0 Å². The zero-order valence-corrected chi connectivity index (χ0v) is 18.1. The molecule has 32 heavy (non-hydrogen) atoms. The molecule has 6 rings (SSSR count). The highest BCUT2D eigenvalue weighted by Gasteiger charge is 2.46. The van der Waals surface area contributed by atoms with Crippen molar-refractivity contribution in [3.05, 3.63) is 155 Å². The minimum Gasteiger partial charge on any atom is -0.0622 e. The molecule has 0 amide bonds. The SMILES string of the molecule is Cc1cc(-c2ccccc2)c2c(c1)C(c1ccccc1)(c1ccccc1)c1ccccc1-2. The van der Waals surface area contributed by atoms with Crippen LogP contribution in [0.15, 0.2) is 127 Å². The molecule has 5 aromatic rings. The minimum atomic E-state index is -0.343. The van der Waals surface area contributed by atoms with E-state index in [0.29, 0.717) is 0 Å². The maximum atomic E-state index is 2.40. The number of rotatable bonds is 3. The van der Waals surface area contributed by atoms with Crippen molar-refractivity contribution in [2.75, 3.05) is 0 Å². The van der Waals surface area contributed by atoms with Crippen LogP contribution >= 0.6 is 0 Å². The molecule has 0 nitrogen and oxygen atoms in total. The van der Waals surface area contributed by atoms with Crippen LogP contribution in [-0.4, -0.2) is 0 Å². The van der Waals surface area contributed by atoms with Gasteiger partial charge in [0, 0.05) is 0 Å². The first-order valence-corrected chi connectivity index (χ1v) is 11.2. The van der Waals surface area contributed by atoms with Gasteiger partial charge in [-0.15, -0.1) is 0 Å². The Bertz CT molecular complexity index is 1360. The number of hydrogen-bond donors (Lipinski definition) is 0. The van der Waals surface area contributed by atoms with Gasteiger partial charge in [-0.25, -0.2) is 0 Å². The summed E-state index contributed by atoms with van der Waals surface area (Å²) in [6.45, 7) is 2.22. The van der Waals surface area contributed by atoms with Gasteiger partial charge in [0.15, 0.2) is 0 Å². The van der Waals surface area contributed by atoms with E-state index in [2.05, 4.69) is 134 Å². The van der Waals surface area contributed by atoms with Crippen molar-refractivity contribution in [3.8, 4) is 22.3 Å². The maximum Gasteiger partial charge on any atom is 0.0713 e. The van der Waals surface area contributed by atoms with Crippen LogP contribution in [0.1, 0.15) is 27.8 Å². The second-order valence-corrected chi connectivity index (χ2v) is 8.63. The van der Waals surface area contributed by atoms with Crippen molar-refractivity contribution in [2.45, 2.75) is 12.3 Å². The van der Waals surface area contributed by atoms with E-state index in [4.69, 9.17) is 0 Å². The van der Waals surface area contributed by atoms with Crippen LogP contribution in [0.25, 0.3) is 22.3 Å². The Balaban J connectivity index is 1.81. The van der Waals surface area contributed by atoms with E-state index in [0.717, 1.165) is 0 Å². The summed E-state index contributed by atoms with van der Waals surface area (Å²) in [6, 6.07) is 46.5. The fourth-order valence-electron chi connectivity index (χ4n) is 5.56. The van der Waals surface area contributed by atoms with Crippen LogP contribution in [0.5, 0.6) is 0 Å². The molecule has 0 radical (unpaired) electrons. The highest BCUT2D eigenvalue weighted by atomic mass is 14.5. The highest BCUT2D eigenvalue weighted by molar-refractivity contribution is 5.95. The lowest BCUT2D eigenvalue weighted by molar-refractivity contribution is 0.767. The molecule has 5 aromatic carbocycles. The Hall–Kier alpha value is -3.90. The predicted molar refractivity (Wildman–Crippen MR) is 134 cm³/mol. The number of hydrogen-bond acceptors (Lipinski definition) is 0. The van der Waals surface area contributed by atoms with Crippen LogP contribution in [0.3, 0.4) is 0 Å². The lowest BCUT2D eigenvalue weighted by Crippen LogP contribution is -2.28. The van der Waals surface area contributed by atoms with Gasteiger partial charge in [0.25, 0.3) is 0 Å². The van der Waals surface area contributed by atoms with Gasteiger partial charge in [-0.2, -0.15) is 0 Å². The van der Waals surface area contributed by atoms with Gasteiger partial charge in [0.1, 0.15) is 0 Å². The van der Waals surface area contributed by atoms with Gasteiger partial charge in [-0.05, 0) is 51.4 Å². The van der Waals surface area contributed by atoms with Crippen molar-refractivity contribution < 1.29 is 0 Å². The molecule has 0 bridgehead atoms. The third-order valence-electron chi connectivity index (χ3n) is 6.79. The molecule has 0 fully saturated rings. The molecule has 0 atom stereocenters. The third-order valence-corrected chi connectivity index (χ3v) is 6.79. The summed E-state index contributed by atoms with van der Waals surface area (Å²) >= 11 is 0. The number of aryl methyl sites for hydroxylation is 1. The van der Waals surface area contributed by atoms with Crippen LogP contribution < -0.4 is 0 Å². The fourth-order valence-corrected chi connectivity index (χ4v) is 5.56. The zero-order valence-electron chi connectivity index (χ0n) is 18.1. The van der Waals surface area contributed by atoms with Gasteiger partial charge in [0.05, 0.1) is 5.41 Å². The lowest BCUT2D eigenvalue weighted by Gasteiger charge is -2.34. The Morgan fingerprint density at radius 3 is 1.62 bits per heavy atom. The monoisotopic (exact) mass is 408 g/mol. The van der Waals surface area contributed by atoms with Gasteiger partial charge < -0.3 is 0 Å². The first-order chi connectivity index (χ1) is 15.8. The van der Waals surface area contributed by atoms with E-state index in [1.165, 1.54) is 50.1 Å². The molecule has 1 aliphatic carbocycles. The van der Waals surface area contributed by atoms with Crippen molar-refractivity contribution in [3.63, 3.8) is 0 Å². The minimum absolute atomic E-state index is 0.343. The molecular formula is C32H24. The van der Waals surface area contributed by atoms with E-state index in [-0.39, 0.29) is 5.41 Å². The van der Waals surface area contributed by atoms with Crippen molar-refractivity contribution in [1.29, 1.82) is 0 Å². The van der Waals surface area contributed by atoms with E-state index < -0.39 is 0 Å². The highest BCUT2D eigenvalue weighted by Crippen LogP contribution is 2.58. The average molecular weight is 409 g/mol. The Kier molecular flexibility index (Phi) is 4.33. The maximum absolute atomic E-state index is 2.40. The fraction of sp³-hybridized carbons (Fsp3) is 0.0625. The summed E-state index contributed by atoms with van der Waals surface area (Å²) in [5, 5.41) is 0. The summed E-state index contributed by atoms with van der Waals surface area (Å²) in [7, 11) is 0. The number of fused-ring (bicyclic) bond motifs is 3. The van der Waals surface area contributed by atoms with E-state index in [1.54, 1.807) is 0 Å². The molecule has 0 saturated heterocycles. The first-order valence-electron chi connectivity index (χ1n) is 11.2. The van der Waals surface area contributed by atoms with E-state index >= 15 is 0 Å². The second kappa shape index (κ2) is 7.35. The lowest BCUT2D eigenvalue weighted by atomic mass is 9.67. The van der Waals surface area contributed by atoms with Gasteiger partial charge in [-0.3, -0.25) is 0 Å².